The van der Waals surface area contributed by atoms with E-state index in [1.165, 1.54) is 38.5 Å². The van der Waals surface area contributed by atoms with Gasteiger partial charge in [-0.05, 0) is 58.0 Å². The predicted octanol–water partition coefficient (Wildman–Crippen LogP) is 7.47. The van der Waals surface area contributed by atoms with E-state index < -0.39 is 6.16 Å². The molecule has 0 aromatic heterocycles. The largest absolute Gasteiger partial charge is 0.508 e. The fourth-order valence-electron chi connectivity index (χ4n) is 4.21. The third-order valence-corrected chi connectivity index (χ3v) is 6.60. The van der Waals surface area contributed by atoms with Gasteiger partial charge < -0.3 is 19.1 Å². The fourth-order valence-corrected chi connectivity index (χ4v) is 4.21. The van der Waals surface area contributed by atoms with Crippen molar-refractivity contribution in [3.05, 3.63) is 24.3 Å². The number of nitrogens with zero attached hydrogens (tertiary/aromatic N) is 1. The molecule has 1 aliphatic heterocycles. The van der Waals surface area contributed by atoms with Crippen LogP contribution in [0.4, 0.5) is 4.79 Å². The number of likely N-dealkylation sites (tertiary alicyclic amines) is 1. The summed E-state index contributed by atoms with van der Waals surface area (Å²) in [6, 6.07) is 0. The molecule has 2 atom stereocenters. The highest BCUT2D eigenvalue weighted by molar-refractivity contribution is 5.69. The van der Waals surface area contributed by atoms with Crippen molar-refractivity contribution in [2.75, 3.05) is 39.5 Å². The van der Waals surface area contributed by atoms with Gasteiger partial charge in [0, 0.05) is 24.8 Å². The average Bonchev–Trinajstić information content (AvgIpc) is 3.35. The van der Waals surface area contributed by atoms with Gasteiger partial charge in [0.05, 0.1) is 13.2 Å². The van der Waals surface area contributed by atoms with E-state index in [1.807, 2.05) is 6.92 Å². The molecule has 2 unspecified atom stereocenters. The summed E-state index contributed by atoms with van der Waals surface area (Å²) >= 11 is 0. The van der Waals surface area contributed by atoms with Crippen LogP contribution in [-0.4, -0.2) is 56.5 Å². The van der Waals surface area contributed by atoms with Gasteiger partial charge in [0.1, 0.15) is 6.61 Å². The Bertz CT molecular complexity index is 618. The maximum absolute atomic E-state index is 11.9. The molecule has 0 aromatic rings. The zero-order valence-electron chi connectivity index (χ0n) is 23.4. The molecule has 0 amide bonds. The molecular formula is C30H53NO5. The molecule has 1 heterocycles. The molecule has 0 aromatic carbocycles. The SMILES string of the molecule is CCCCC/C=C\C/C=C\CCCCCCCC(=O)OCC(C)COC(=O)OCC1CCN(CC)C1. The first kappa shape index (κ1) is 32.2. The highest BCUT2D eigenvalue weighted by atomic mass is 16.7. The highest BCUT2D eigenvalue weighted by Gasteiger charge is 2.22. The number of unbranched alkanes of at least 4 members (excludes halogenated alkanes) is 8. The summed E-state index contributed by atoms with van der Waals surface area (Å²) in [6.07, 6.45) is 22.8. The first-order valence-electron chi connectivity index (χ1n) is 14.5. The van der Waals surface area contributed by atoms with Gasteiger partial charge in [-0.3, -0.25) is 4.79 Å². The van der Waals surface area contributed by atoms with Crippen LogP contribution in [0.5, 0.6) is 0 Å². The monoisotopic (exact) mass is 507 g/mol. The number of hydrogen-bond donors (Lipinski definition) is 0. The summed E-state index contributed by atoms with van der Waals surface area (Å²) in [5.74, 6) is 0.176. The van der Waals surface area contributed by atoms with E-state index in [0.29, 0.717) is 18.9 Å². The van der Waals surface area contributed by atoms with Crippen LogP contribution in [0, 0.1) is 11.8 Å². The van der Waals surface area contributed by atoms with Crippen molar-refractivity contribution in [1.82, 2.24) is 4.90 Å². The van der Waals surface area contributed by atoms with Crippen LogP contribution in [-0.2, 0) is 19.0 Å². The Kier molecular flexibility index (Phi) is 20.0. The molecule has 0 radical (unpaired) electrons. The minimum absolute atomic E-state index is 0.0480. The van der Waals surface area contributed by atoms with Crippen molar-refractivity contribution in [2.24, 2.45) is 11.8 Å². The molecule has 1 aliphatic rings. The molecule has 208 valence electrons. The number of allylic oxidation sites excluding steroid dienone is 4. The normalized spacial score (nSPS) is 17.1. The number of carbonyl (C=O) groups is 2. The zero-order chi connectivity index (χ0) is 26.3. The second-order valence-electron chi connectivity index (χ2n) is 10.2. The minimum atomic E-state index is -0.631. The molecule has 0 spiro atoms. The number of rotatable bonds is 21. The number of ether oxygens (including phenoxy) is 3. The Morgan fingerprint density at radius 3 is 2.22 bits per heavy atom. The van der Waals surface area contributed by atoms with Gasteiger partial charge in [0.25, 0.3) is 0 Å². The molecule has 0 bridgehead atoms. The topological polar surface area (TPSA) is 65.1 Å². The molecule has 1 saturated heterocycles. The summed E-state index contributed by atoms with van der Waals surface area (Å²) in [5.41, 5.74) is 0. The summed E-state index contributed by atoms with van der Waals surface area (Å²) in [7, 11) is 0. The van der Waals surface area contributed by atoms with Crippen molar-refractivity contribution in [3.8, 4) is 0 Å². The molecule has 6 nitrogen and oxygen atoms in total. The van der Waals surface area contributed by atoms with Crippen LogP contribution in [0.3, 0.4) is 0 Å². The minimum Gasteiger partial charge on any atom is -0.465 e. The van der Waals surface area contributed by atoms with E-state index in [-0.39, 0.29) is 25.1 Å². The van der Waals surface area contributed by atoms with E-state index in [1.54, 1.807) is 0 Å². The number of carbonyl (C=O) groups excluding carboxylic acids is 2. The summed E-state index contributed by atoms with van der Waals surface area (Å²) in [4.78, 5) is 26.1. The summed E-state index contributed by atoms with van der Waals surface area (Å²) in [6.45, 7) is 10.2. The first-order chi connectivity index (χ1) is 17.5. The van der Waals surface area contributed by atoms with Gasteiger partial charge in [0.2, 0.25) is 0 Å². The van der Waals surface area contributed by atoms with Gasteiger partial charge in [-0.2, -0.15) is 0 Å². The van der Waals surface area contributed by atoms with Gasteiger partial charge in [-0.25, -0.2) is 4.79 Å². The lowest BCUT2D eigenvalue weighted by atomic mass is 10.1. The van der Waals surface area contributed by atoms with Crippen molar-refractivity contribution < 1.29 is 23.8 Å². The van der Waals surface area contributed by atoms with Crippen molar-refractivity contribution in [3.63, 3.8) is 0 Å². The first-order valence-corrected chi connectivity index (χ1v) is 14.5. The van der Waals surface area contributed by atoms with E-state index in [2.05, 4.69) is 43.1 Å². The summed E-state index contributed by atoms with van der Waals surface area (Å²) in [5, 5.41) is 0. The van der Waals surface area contributed by atoms with Crippen molar-refractivity contribution >= 4 is 12.1 Å². The maximum Gasteiger partial charge on any atom is 0.508 e. The van der Waals surface area contributed by atoms with Crippen LogP contribution >= 0.6 is 0 Å². The van der Waals surface area contributed by atoms with Crippen LogP contribution in [0.1, 0.15) is 104 Å². The lowest BCUT2D eigenvalue weighted by Gasteiger charge is -2.15. The van der Waals surface area contributed by atoms with E-state index >= 15 is 0 Å². The molecule has 0 saturated carbocycles. The summed E-state index contributed by atoms with van der Waals surface area (Å²) < 4.78 is 15.7. The van der Waals surface area contributed by atoms with Gasteiger partial charge in [0.15, 0.2) is 0 Å². The van der Waals surface area contributed by atoms with Crippen LogP contribution in [0.2, 0.25) is 0 Å². The number of esters is 1. The quantitative estimate of drug-likeness (QED) is 0.0912. The third kappa shape index (κ3) is 18.4. The lowest BCUT2D eigenvalue weighted by Crippen LogP contribution is -2.23. The zero-order valence-corrected chi connectivity index (χ0v) is 23.4. The predicted molar refractivity (Wildman–Crippen MR) is 147 cm³/mol. The standard InChI is InChI=1S/C30H53NO5/c1-4-6-7-8-9-10-11-12-13-14-15-16-17-18-19-20-29(32)34-24-27(3)25-35-30(33)36-26-28-21-22-31(5-2)23-28/h9-10,12-13,27-28H,4-8,11,14-26H2,1-3H3/b10-9-,13-12-. The highest BCUT2D eigenvalue weighted by Crippen LogP contribution is 2.16. The molecular weight excluding hydrogens is 454 g/mol. The van der Waals surface area contributed by atoms with E-state index in [9.17, 15) is 9.59 Å². The Morgan fingerprint density at radius 1 is 0.861 bits per heavy atom. The molecule has 36 heavy (non-hydrogen) atoms. The van der Waals surface area contributed by atoms with Crippen LogP contribution in [0.25, 0.3) is 0 Å². The Morgan fingerprint density at radius 2 is 1.53 bits per heavy atom. The average molecular weight is 508 g/mol. The Hall–Kier alpha value is -1.82. The molecule has 0 aliphatic carbocycles. The van der Waals surface area contributed by atoms with E-state index in [4.69, 9.17) is 14.2 Å². The Labute approximate surface area is 220 Å². The van der Waals surface area contributed by atoms with Gasteiger partial charge >= 0.3 is 12.1 Å². The molecule has 1 fully saturated rings. The molecule has 1 rings (SSSR count). The van der Waals surface area contributed by atoms with Crippen LogP contribution in [0.15, 0.2) is 24.3 Å². The number of hydrogen-bond acceptors (Lipinski definition) is 6. The maximum atomic E-state index is 11.9. The molecule has 0 N–H and O–H groups in total. The Balaban J connectivity index is 1.89. The van der Waals surface area contributed by atoms with Gasteiger partial charge in [-0.15, -0.1) is 0 Å². The lowest BCUT2D eigenvalue weighted by molar-refractivity contribution is -0.145. The van der Waals surface area contributed by atoms with Crippen molar-refractivity contribution in [1.29, 1.82) is 0 Å². The molecule has 6 heteroatoms. The smallest absolute Gasteiger partial charge is 0.465 e. The fraction of sp³-hybridized carbons (Fsp3) is 0.800. The second kappa shape index (κ2) is 22.4. The van der Waals surface area contributed by atoms with Crippen LogP contribution < -0.4 is 0 Å². The van der Waals surface area contributed by atoms with E-state index in [0.717, 1.165) is 58.2 Å². The second-order valence-corrected chi connectivity index (χ2v) is 10.2. The van der Waals surface area contributed by atoms with Crippen molar-refractivity contribution in [2.45, 2.75) is 104 Å². The van der Waals surface area contributed by atoms with Gasteiger partial charge in [-0.1, -0.05) is 77.2 Å². The third-order valence-electron chi connectivity index (χ3n) is 6.60.